The molecule has 1 heterocycles. The van der Waals surface area contributed by atoms with E-state index in [9.17, 15) is 9.18 Å². The molecule has 0 radical (unpaired) electrons. The molecule has 0 amide bonds. The molecule has 1 saturated heterocycles. The van der Waals surface area contributed by atoms with Crippen LogP contribution in [-0.2, 0) is 4.74 Å². The van der Waals surface area contributed by atoms with Crippen LogP contribution in [0, 0.1) is 11.7 Å². The standard InChI is InChI=1S/C17H15ClFNO2/c18-14-7-6-12(8-15(14)19)16(13-9-20-10-13)22-17(21)11-4-2-1-3-5-11/h1-8,13,16,20H,9-10H2. The summed E-state index contributed by atoms with van der Waals surface area (Å²) in [6.07, 6.45) is -0.485. The normalized spacial score (nSPS) is 15.9. The van der Waals surface area contributed by atoms with Gasteiger partial charge >= 0.3 is 5.97 Å². The van der Waals surface area contributed by atoms with E-state index in [0.29, 0.717) is 11.1 Å². The highest BCUT2D eigenvalue weighted by Crippen LogP contribution is 2.31. The van der Waals surface area contributed by atoms with Gasteiger partial charge in [0.25, 0.3) is 0 Å². The molecule has 3 nitrogen and oxygen atoms in total. The Hall–Kier alpha value is -1.91. The van der Waals surface area contributed by atoms with E-state index < -0.39 is 17.9 Å². The van der Waals surface area contributed by atoms with Crippen LogP contribution < -0.4 is 5.32 Å². The summed E-state index contributed by atoms with van der Waals surface area (Å²) in [5.74, 6) is -0.784. The highest BCUT2D eigenvalue weighted by atomic mass is 35.5. The third-order valence-corrected chi connectivity index (χ3v) is 4.06. The van der Waals surface area contributed by atoms with Crippen LogP contribution in [0.2, 0.25) is 5.02 Å². The molecule has 0 bridgehead atoms. The Morgan fingerprint density at radius 2 is 1.95 bits per heavy atom. The maximum Gasteiger partial charge on any atom is 0.338 e. The summed E-state index contributed by atoms with van der Waals surface area (Å²) in [5, 5.41) is 3.20. The molecule has 0 spiro atoms. The molecule has 114 valence electrons. The van der Waals surface area contributed by atoms with Crippen molar-refractivity contribution in [3.8, 4) is 0 Å². The number of hydrogen-bond donors (Lipinski definition) is 1. The summed E-state index contributed by atoms with van der Waals surface area (Å²) < 4.78 is 19.3. The summed E-state index contributed by atoms with van der Waals surface area (Å²) in [4.78, 5) is 12.3. The van der Waals surface area contributed by atoms with Gasteiger partial charge in [-0.05, 0) is 29.8 Å². The fourth-order valence-electron chi connectivity index (χ4n) is 2.41. The predicted octanol–water partition coefficient (Wildman–Crippen LogP) is 3.60. The van der Waals surface area contributed by atoms with Crippen molar-refractivity contribution in [2.75, 3.05) is 13.1 Å². The Morgan fingerprint density at radius 1 is 1.23 bits per heavy atom. The van der Waals surface area contributed by atoms with Crippen molar-refractivity contribution in [3.63, 3.8) is 0 Å². The first-order chi connectivity index (χ1) is 10.6. The molecule has 5 heteroatoms. The van der Waals surface area contributed by atoms with Crippen LogP contribution in [0.3, 0.4) is 0 Å². The summed E-state index contributed by atoms with van der Waals surface area (Å²) in [7, 11) is 0. The van der Waals surface area contributed by atoms with E-state index in [2.05, 4.69) is 5.32 Å². The molecule has 1 aliphatic heterocycles. The van der Waals surface area contributed by atoms with E-state index in [1.165, 1.54) is 12.1 Å². The molecule has 2 aromatic rings. The Balaban J connectivity index is 1.84. The average molecular weight is 320 g/mol. The zero-order valence-electron chi connectivity index (χ0n) is 11.8. The van der Waals surface area contributed by atoms with Crippen LogP contribution in [0.25, 0.3) is 0 Å². The van der Waals surface area contributed by atoms with E-state index >= 15 is 0 Å². The predicted molar refractivity (Wildman–Crippen MR) is 82.4 cm³/mol. The van der Waals surface area contributed by atoms with Crippen molar-refractivity contribution >= 4 is 17.6 Å². The monoisotopic (exact) mass is 319 g/mol. The maximum absolute atomic E-state index is 13.7. The SMILES string of the molecule is O=C(OC(c1ccc(Cl)c(F)c1)C1CNC1)c1ccccc1. The molecule has 1 fully saturated rings. The first-order valence-corrected chi connectivity index (χ1v) is 7.44. The number of hydrogen-bond acceptors (Lipinski definition) is 3. The molecule has 1 atom stereocenters. The third-order valence-electron chi connectivity index (χ3n) is 3.76. The first kappa shape index (κ1) is 15.0. The van der Waals surface area contributed by atoms with Gasteiger partial charge in [-0.15, -0.1) is 0 Å². The number of benzene rings is 2. The second-order valence-corrected chi connectivity index (χ2v) is 5.69. The Bertz CT molecular complexity index is 674. The molecule has 0 aliphatic carbocycles. The summed E-state index contributed by atoms with van der Waals surface area (Å²) in [6, 6.07) is 13.3. The minimum absolute atomic E-state index is 0.0589. The van der Waals surface area contributed by atoms with Gasteiger partial charge in [0, 0.05) is 19.0 Å². The van der Waals surface area contributed by atoms with Crippen LogP contribution in [0.4, 0.5) is 4.39 Å². The van der Waals surface area contributed by atoms with Crippen molar-refractivity contribution in [1.29, 1.82) is 0 Å². The number of carbonyl (C=O) groups is 1. The number of esters is 1. The molecule has 1 unspecified atom stereocenters. The summed E-state index contributed by atoms with van der Waals surface area (Å²) in [6.45, 7) is 1.47. The number of halogens is 2. The molecule has 0 saturated carbocycles. The van der Waals surface area contributed by atoms with E-state index in [0.717, 1.165) is 13.1 Å². The molecular weight excluding hydrogens is 305 g/mol. The Morgan fingerprint density at radius 3 is 2.55 bits per heavy atom. The number of ether oxygens (including phenoxy) is 1. The fraction of sp³-hybridized carbons (Fsp3) is 0.235. The van der Waals surface area contributed by atoms with Crippen LogP contribution in [0.1, 0.15) is 22.0 Å². The van der Waals surface area contributed by atoms with Crippen LogP contribution in [-0.4, -0.2) is 19.1 Å². The van der Waals surface area contributed by atoms with Gasteiger partial charge in [-0.3, -0.25) is 0 Å². The van der Waals surface area contributed by atoms with Crippen LogP contribution in [0.15, 0.2) is 48.5 Å². The highest BCUT2D eigenvalue weighted by molar-refractivity contribution is 6.30. The van der Waals surface area contributed by atoms with Crippen molar-refractivity contribution in [3.05, 3.63) is 70.5 Å². The largest absolute Gasteiger partial charge is 0.453 e. The van der Waals surface area contributed by atoms with Crippen molar-refractivity contribution in [2.24, 2.45) is 5.92 Å². The number of rotatable bonds is 4. The van der Waals surface area contributed by atoms with Gasteiger partial charge in [0.15, 0.2) is 0 Å². The third kappa shape index (κ3) is 3.13. The second kappa shape index (κ2) is 6.46. The second-order valence-electron chi connectivity index (χ2n) is 5.28. The fourth-order valence-corrected chi connectivity index (χ4v) is 2.53. The van der Waals surface area contributed by atoms with Crippen molar-refractivity contribution in [1.82, 2.24) is 5.32 Å². The Labute approximate surface area is 133 Å². The van der Waals surface area contributed by atoms with Gasteiger partial charge < -0.3 is 10.1 Å². The van der Waals surface area contributed by atoms with Gasteiger partial charge in [-0.2, -0.15) is 0 Å². The summed E-state index contributed by atoms with van der Waals surface area (Å²) in [5.41, 5.74) is 1.10. The molecule has 2 aromatic carbocycles. The number of nitrogens with one attached hydrogen (secondary N) is 1. The van der Waals surface area contributed by atoms with E-state index in [1.807, 2.05) is 6.07 Å². The minimum Gasteiger partial charge on any atom is -0.453 e. The molecule has 0 aromatic heterocycles. The Kier molecular flexibility index (Phi) is 4.41. The molecule has 1 aliphatic rings. The van der Waals surface area contributed by atoms with Crippen LogP contribution in [0.5, 0.6) is 0 Å². The smallest absolute Gasteiger partial charge is 0.338 e. The maximum atomic E-state index is 13.7. The molecule has 3 rings (SSSR count). The highest BCUT2D eigenvalue weighted by Gasteiger charge is 2.32. The lowest BCUT2D eigenvalue weighted by atomic mass is 9.90. The van der Waals surface area contributed by atoms with Gasteiger partial charge in [-0.1, -0.05) is 35.9 Å². The molecular formula is C17H15ClFNO2. The zero-order valence-corrected chi connectivity index (χ0v) is 12.5. The van der Waals surface area contributed by atoms with E-state index in [1.54, 1.807) is 30.3 Å². The zero-order chi connectivity index (χ0) is 15.5. The first-order valence-electron chi connectivity index (χ1n) is 7.07. The minimum atomic E-state index is -0.507. The van der Waals surface area contributed by atoms with Gasteiger partial charge in [-0.25, -0.2) is 9.18 Å². The van der Waals surface area contributed by atoms with E-state index in [4.69, 9.17) is 16.3 Å². The summed E-state index contributed by atoms with van der Waals surface area (Å²) >= 11 is 5.72. The van der Waals surface area contributed by atoms with Crippen molar-refractivity contribution in [2.45, 2.75) is 6.10 Å². The number of carbonyl (C=O) groups excluding carboxylic acids is 1. The molecule has 1 N–H and O–H groups in total. The van der Waals surface area contributed by atoms with Gasteiger partial charge in [0.1, 0.15) is 11.9 Å². The van der Waals surface area contributed by atoms with Gasteiger partial charge in [0.2, 0.25) is 0 Å². The molecule has 22 heavy (non-hydrogen) atoms. The van der Waals surface area contributed by atoms with Gasteiger partial charge in [0.05, 0.1) is 10.6 Å². The quantitative estimate of drug-likeness (QED) is 0.875. The lowest BCUT2D eigenvalue weighted by molar-refractivity contribution is 0.00383. The van der Waals surface area contributed by atoms with Crippen LogP contribution >= 0.6 is 11.6 Å². The van der Waals surface area contributed by atoms with Crippen molar-refractivity contribution < 1.29 is 13.9 Å². The topological polar surface area (TPSA) is 38.3 Å². The van der Waals surface area contributed by atoms with E-state index in [-0.39, 0.29) is 10.9 Å². The lowest BCUT2D eigenvalue weighted by Crippen LogP contribution is -2.46. The lowest BCUT2D eigenvalue weighted by Gasteiger charge is -2.34. The average Bonchev–Trinajstić information content (AvgIpc) is 2.48.